The molecule has 19 heavy (non-hydrogen) atoms. The van der Waals surface area contributed by atoms with Gasteiger partial charge in [-0.05, 0) is 36.6 Å². The lowest BCUT2D eigenvalue weighted by atomic mass is 9.97. The smallest absolute Gasteiger partial charge is 0.0297 e. The van der Waals surface area contributed by atoms with Crippen molar-refractivity contribution in [3.8, 4) is 0 Å². The number of halogens is 1. The van der Waals surface area contributed by atoms with Crippen molar-refractivity contribution in [2.45, 2.75) is 71.3 Å². The van der Waals surface area contributed by atoms with Gasteiger partial charge in [0.15, 0.2) is 0 Å². The first-order valence-corrected chi connectivity index (χ1v) is 8.46. The topological polar surface area (TPSA) is 26.0 Å². The maximum absolute atomic E-state index is 6.29. The van der Waals surface area contributed by atoms with Gasteiger partial charge in [0, 0.05) is 10.5 Å². The number of rotatable bonds is 9. The first-order chi connectivity index (χ1) is 9.15. The molecule has 0 fully saturated rings. The number of unbranched alkanes of at least 4 members (excludes halogenated alkanes) is 6. The molecule has 1 aromatic carbocycles. The van der Waals surface area contributed by atoms with Crippen LogP contribution in [0.15, 0.2) is 22.7 Å². The van der Waals surface area contributed by atoms with E-state index in [1.807, 2.05) is 0 Å². The van der Waals surface area contributed by atoms with Gasteiger partial charge in [-0.25, -0.2) is 0 Å². The highest BCUT2D eigenvalue weighted by Crippen LogP contribution is 2.24. The van der Waals surface area contributed by atoms with Crippen molar-refractivity contribution >= 4 is 15.9 Å². The molecule has 0 amide bonds. The summed E-state index contributed by atoms with van der Waals surface area (Å²) < 4.78 is 1.14. The normalized spacial score (nSPS) is 12.6. The first-order valence-electron chi connectivity index (χ1n) is 7.66. The van der Waals surface area contributed by atoms with Crippen molar-refractivity contribution in [2.24, 2.45) is 5.73 Å². The molecule has 0 radical (unpaired) electrons. The Hall–Kier alpha value is -0.340. The van der Waals surface area contributed by atoms with E-state index in [9.17, 15) is 0 Å². The predicted octanol–water partition coefficient (Wildman–Crippen LogP) is 5.90. The third-order valence-electron chi connectivity index (χ3n) is 3.75. The fraction of sp³-hybridized carbons (Fsp3) is 0.647. The minimum Gasteiger partial charge on any atom is -0.324 e. The lowest BCUT2D eigenvalue weighted by Crippen LogP contribution is -2.11. The Bertz CT molecular complexity index is 362. The Morgan fingerprint density at radius 2 is 1.68 bits per heavy atom. The van der Waals surface area contributed by atoms with Crippen LogP contribution in [0.5, 0.6) is 0 Å². The molecule has 1 aromatic rings. The molecular weight excluding hydrogens is 298 g/mol. The van der Waals surface area contributed by atoms with Crippen LogP contribution in [-0.2, 0) is 0 Å². The SMILES string of the molecule is CCCCCCCCCC(N)c1ccc(Br)cc1C. The fourth-order valence-corrected chi connectivity index (χ4v) is 3.01. The molecule has 1 rings (SSSR count). The van der Waals surface area contributed by atoms with Gasteiger partial charge in [0.1, 0.15) is 0 Å². The second kappa shape index (κ2) is 9.55. The highest BCUT2D eigenvalue weighted by Gasteiger charge is 2.08. The van der Waals surface area contributed by atoms with Crippen LogP contribution in [-0.4, -0.2) is 0 Å². The Morgan fingerprint density at radius 3 is 2.32 bits per heavy atom. The monoisotopic (exact) mass is 325 g/mol. The molecule has 0 saturated carbocycles. The Kier molecular flexibility index (Phi) is 8.40. The summed E-state index contributed by atoms with van der Waals surface area (Å²) in [7, 11) is 0. The second-order valence-corrected chi connectivity index (χ2v) is 6.43. The number of nitrogens with two attached hydrogens (primary N) is 1. The van der Waals surface area contributed by atoms with E-state index in [0.29, 0.717) is 0 Å². The summed E-state index contributed by atoms with van der Waals surface area (Å²) in [5.41, 5.74) is 8.89. The van der Waals surface area contributed by atoms with Crippen LogP contribution in [0, 0.1) is 6.92 Å². The zero-order valence-electron chi connectivity index (χ0n) is 12.4. The van der Waals surface area contributed by atoms with Gasteiger partial charge >= 0.3 is 0 Å². The van der Waals surface area contributed by atoms with E-state index in [1.54, 1.807) is 0 Å². The molecule has 1 nitrogen and oxygen atoms in total. The van der Waals surface area contributed by atoms with E-state index in [1.165, 1.54) is 56.1 Å². The van der Waals surface area contributed by atoms with E-state index in [-0.39, 0.29) is 6.04 Å². The summed E-state index contributed by atoms with van der Waals surface area (Å²) in [4.78, 5) is 0. The molecule has 0 bridgehead atoms. The van der Waals surface area contributed by atoms with Gasteiger partial charge in [-0.1, -0.05) is 73.9 Å². The van der Waals surface area contributed by atoms with Gasteiger partial charge in [-0.2, -0.15) is 0 Å². The predicted molar refractivity (Wildman–Crippen MR) is 88.4 cm³/mol. The van der Waals surface area contributed by atoms with Crippen LogP contribution < -0.4 is 5.73 Å². The summed E-state index contributed by atoms with van der Waals surface area (Å²) in [6.07, 6.45) is 10.6. The molecule has 0 spiro atoms. The summed E-state index contributed by atoms with van der Waals surface area (Å²) in [6, 6.07) is 6.60. The molecule has 0 aliphatic heterocycles. The quantitative estimate of drug-likeness (QED) is 0.562. The standard InChI is InChI=1S/C17H28BrN/c1-3-4-5-6-7-8-9-10-17(19)16-12-11-15(18)13-14(16)2/h11-13,17H,3-10,19H2,1-2H3. The molecule has 1 unspecified atom stereocenters. The summed E-state index contributed by atoms with van der Waals surface area (Å²) in [5, 5.41) is 0. The maximum atomic E-state index is 6.29. The van der Waals surface area contributed by atoms with Gasteiger partial charge < -0.3 is 5.73 Å². The number of aryl methyl sites for hydroxylation is 1. The highest BCUT2D eigenvalue weighted by atomic mass is 79.9. The number of benzene rings is 1. The molecule has 0 aliphatic rings. The van der Waals surface area contributed by atoms with Gasteiger partial charge in [0.2, 0.25) is 0 Å². The van der Waals surface area contributed by atoms with Crippen molar-refractivity contribution in [3.63, 3.8) is 0 Å². The molecule has 0 aliphatic carbocycles. The molecule has 2 N–H and O–H groups in total. The van der Waals surface area contributed by atoms with Crippen LogP contribution in [0.1, 0.15) is 75.5 Å². The summed E-state index contributed by atoms with van der Waals surface area (Å²) in [5.74, 6) is 0. The Morgan fingerprint density at radius 1 is 1.05 bits per heavy atom. The molecule has 0 heterocycles. The zero-order chi connectivity index (χ0) is 14.1. The number of hydrogen-bond donors (Lipinski definition) is 1. The van der Waals surface area contributed by atoms with E-state index in [4.69, 9.17) is 5.73 Å². The van der Waals surface area contributed by atoms with Gasteiger partial charge in [0.25, 0.3) is 0 Å². The Labute approximate surface area is 127 Å². The maximum Gasteiger partial charge on any atom is 0.0297 e. The minimum absolute atomic E-state index is 0.198. The minimum atomic E-state index is 0.198. The van der Waals surface area contributed by atoms with E-state index in [0.717, 1.165) is 10.9 Å². The molecule has 1 atom stereocenters. The van der Waals surface area contributed by atoms with Crippen LogP contribution in [0.3, 0.4) is 0 Å². The average molecular weight is 326 g/mol. The Balaban J connectivity index is 2.22. The van der Waals surface area contributed by atoms with Crippen LogP contribution in [0.2, 0.25) is 0 Å². The van der Waals surface area contributed by atoms with Gasteiger partial charge in [0.05, 0.1) is 0 Å². The van der Waals surface area contributed by atoms with Crippen molar-refractivity contribution in [2.75, 3.05) is 0 Å². The number of hydrogen-bond acceptors (Lipinski definition) is 1. The summed E-state index contributed by atoms with van der Waals surface area (Å²) in [6.45, 7) is 4.41. The molecule has 0 aromatic heterocycles. The average Bonchev–Trinajstić information content (AvgIpc) is 2.37. The van der Waals surface area contributed by atoms with Gasteiger partial charge in [-0.3, -0.25) is 0 Å². The molecule has 0 saturated heterocycles. The first kappa shape index (κ1) is 16.7. The zero-order valence-corrected chi connectivity index (χ0v) is 14.0. The third kappa shape index (κ3) is 6.58. The van der Waals surface area contributed by atoms with Crippen molar-refractivity contribution in [1.82, 2.24) is 0 Å². The van der Waals surface area contributed by atoms with E-state index >= 15 is 0 Å². The van der Waals surface area contributed by atoms with Crippen molar-refractivity contribution in [1.29, 1.82) is 0 Å². The van der Waals surface area contributed by atoms with E-state index in [2.05, 4.69) is 48.0 Å². The fourth-order valence-electron chi connectivity index (χ4n) is 2.53. The second-order valence-electron chi connectivity index (χ2n) is 5.52. The molecule has 108 valence electrons. The van der Waals surface area contributed by atoms with Crippen molar-refractivity contribution in [3.05, 3.63) is 33.8 Å². The largest absolute Gasteiger partial charge is 0.324 e. The van der Waals surface area contributed by atoms with Crippen LogP contribution in [0.4, 0.5) is 0 Å². The molecule has 2 heteroatoms. The van der Waals surface area contributed by atoms with Crippen LogP contribution in [0.25, 0.3) is 0 Å². The third-order valence-corrected chi connectivity index (χ3v) is 4.24. The van der Waals surface area contributed by atoms with E-state index < -0.39 is 0 Å². The van der Waals surface area contributed by atoms with Gasteiger partial charge in [-0.15, -0.1) is 0 Å². The molecular formula is C17H28BrN. The lowest BCUT2D eigenvalue weighted by Gasteiger charge is -2.15. The van der Waals surface area contributed by atoms with Crippen LogP contribution >= 0.6 is 15.9 Å². The highest BCUT2D eigenvalue weighted by molar-refractivity contribution is 9.10. The van der Waals surface area contributed by atoms with Crippen molar-refractivity contribution < 1.29 is 0 Å². The lowest BCUT2D eigenvalue weighted by molar-refractivity contribution is 0.540. The summed E-state index contributed by atoms with van der Waals surface area (Å²) >= 11 is 3.50.